The van der Waals surface area contributed by atoms with Crippen LogP contribution < -0.4 is 0 Å². The highest BCUT2D eigenvalue weighted by Crippen LogP contribution is 2.33. The Morgan fingerprint density at radius 2 is 1.69 bits per heavy atom. The number of rotatable bonds is 3. The number of nitrogens with zero attached hydrogens (tertiary/aromatic N) is 2. The lowest BCUT2D eigenvalue weighted by Gasteiger charge is -2.33. The number of carbonyl (C=O) groups excluding carboxylic acids is 1. The first-order valence-corrected chi connectivity index (χ1v) is 6.21. The molecule has 2 saturated heterocycles. The van der Waals surface area contributed by atoms with Crippen molar-refractivity contribution in [2.24, 2.45) is 0 Å². The van der Waals surface area contributed by atoms with Crippen molar-refractivity contribution in [1.82, 2.24) is 9.47 Å². The summed E-state index contributed by atoms with van der Waals surface area (Å²) in [6, 6.07) is 5.21. The monoisotopic (exact) mass is 218 g/mol. The number of carbonyl (C=O) groups is 1. The minimum atomic E-state index is 0.477. The average Bonchev–Trinajstić information content (AvgIpc) is 2.83. The maximum Gasteiger partial charge on any atom is 0.136 e. The zero-order chi connectivity index (χ0) is 11.0. The van der Waals surface area contributed by atoms with Crippen LogP contribution in [0.5, 0.6) is 0 Å². The summed E-state index contributed by atoms with van der Waals surface area (Å²) in [7, 11) is 0. The zero-order valence-electron chi connectivity index (χ0n) is 9.51. The van der Waals surface area contributed by atoms with Crippen LogP contribution in [0.15, 0.2) is 24.5 Å². The van der Waals surface area contributed by atoms with Crippen molar-refractivity contribution in [3.05, 3.63) is 24.5 Å². The van der Waals surface area contributed by atoms with Gasteiger partial charge in [-0.1, -0.05) is 0 Å². The van der Waals surface area contributed by atoms with Crippen LogP contribution in [0.4, 0.5) is 0 Å². The van der Waals surface area contributed by atoms with Crippen LogP contribution >= 0.6 is 0 Å². The summed E-state index contributed by atoms with van der Waals surface area (Å²) < 4.78 is 2.22. The van der Waals surface area contributed by atoms with Gasteiger partial charge in [0.15, 0.2) is 0 Å². The lowest BCUT2D eigenvalue weighted by Crippen LogP contribution is -2.44. The van der Waals surface area contributed by atoms with E-state index >= 15 is 0 Å². The second-order valence-corrected chi connectivity index (χ2v) is 4.99. The predicted octanol–water partition coefficient (Wildman–Crippen LogP) is 1.68. The molecule has 16 heavy (non-hydrogen) atoms. The van der Waals surface area contributed by atoms with Crippen LogP contribution in [0.2, 0.25) is 0 Å². The van der Waals surface area contributed by atoms with Crippen molar-refractivity contribution < 1.29 is 4.79 Å². The molecule has 0 spiro atoms. The second kappa shape index (κ2) is 4.06. The molecule has 2 fully saturated rings. The fraction of sp³-hybridized carbons (Fsp3) is 0.615. The summed E-state index contributed by atoms with van der Waals surface area (Å²) in [6.45, 7) is 2.14. The highest BCUT2D eigenvalue weighted by atomic mass is 16.1. The standard InChI is InChI=1S/C13H18N2O/c16-13-9-11-3-4-12(10-13)15(11)8-7-14-5-1-2-6-14/h1-2,5-6,11-12H,3-4,7-10H2. The Hall–Kier alpha value is -1.09. The number of ketones is 1. The van der Waals surface area contributed by atoms with Crippen LogP contribution in [0.1, 0.15) is 25.7 Å². The van der Waals surface area contributed by atoms with Crippen LogP contribution in [0, 0.1) is 0 Å². The summed E-state index contributed by atoms with van der Waals surface area (Å²) in [5.74, 6) is 0.477. The van der Waals surface area contributed by atoms with Gasteiger partial charge in [0.05, 0.1) is 0 Å². The molecule has 3 rings (SSSR count). The van der Waals surface area contributed by atoms with Crippen molar-refractivity contribution in [2.75, 3.05) is 6.54 Å². The molecular formula is C13H18N2O. The van der Waals surface area contributed by atoms with Crippen molar-refractivity contribution in [3.8, 4) is 0 Å². The van der Waals surface area contributed by atoms with E-state index < -0.39 is 0 Å². The van der Waals surface area contributed by atoms with Crippen molar-refractivity contribution >= 4 is 5.78 Å². The van der Waals surface area contributed by atoms with E-state index in [1.165, 1.54) is 12.8 Å². The zero-order valence-corrected chi connectivity index (χ0v) is 9.51. The van der Waals surface area contributed by atoms with Gasteiger partial charge in [-0.05, 0) is 25.0 Å². The predicted molar refractivity (Wildman–Crippen MR) is 62.2 cm³/mol. The Bertz CT molecular complexity index is 355. The average molecular weight is 218 g/mol. The van der Waals surface area contributed by atoms with Gasteiger partial charge in [0.2, 0.25) is 0 Å². The third-order valence-corrected chi connectivity index (χ3v) is 3.98. The van der Waals surface area contributed by atoms with Gasteiger partial charge in [0.25, 0.3) is 0 Å². The van der Waals surface area contributed by atoms with Crippen LogP contribution in [0.25, 0.3) is 0 Å². The summed E-state index contributed by atoms with van der Waals surface area (Å²) in [5, 5.41) is 0. The van der Waals surface area contributed by atoms with Crippen molar-refractivity contribution in [2.45, 2.75) is 44.3 Å². The fourth-order valence-electron chi connectivity index (χ4n) is 3.18. The molecule has 2 aliphatic heterocycles. The lowest BCUT2D eigenvalue weighted by molar-refractivity contribution is -0.123. The van der Waals surface area contributed by atoms with Gasteiger partial charge < -0.3 is 4.57 Å². The molecule has 2 bridgehead atoms. The number of fused-ring (bicyclic) bond motifs is 2. The first-order valence-electron chi connectivity index (χ1n) is 6.21. The lowest BCUT2D eigenvalue weighted by atomic mass is 10.0. The smallest absolute Gasteiger partial charge is 0.136 e. The molecule has 1 aromatic rings. The molecular weight excluding hydrogens is 200 g/mol. The largest absolute Gasteiger partial charge is 0.353 e. The van der Waals surface area contributed by atoms with E-state index in [-0.39, 0.29) is 0 Å². The number of piperidine rings is 1. The van der Waals surface area contributed by atoms with Crippen LogP contribution in [-0.4, -0.2) is 33.9 Å². The van der Waals surface area contributed by atoms with Crippen LogP contribution in [0.3, 0.4) is 0 Å². The van der Waals surface area contributed by atoms with E-state index in [1.54, 1.807) is 0 Å². The van der Waals surface area contributed by atoms with Crippen molar-refractivity contribution in [3.63, 3.8) is 0 Å². The summed E-state index contributed by atoms with van der Waals surface area (Å²) in [5.41, 5.74) is 0. The first-order chi connectivity index (χ1) is 7.83. The maximum absolute atomic E-state index is 11.5. The summed E-state index contributed by atoms with van der Waals surface area (Å²) in [4.78, 5) is 14.0. The van der Waals surface area contributed by atoms with Gasteiger partial charge >= 0.3 is 0 Å². The quantitative estimate of drug-likeness (QED) is 0.771. The van der Waals surface area contributed by atoms with Gasteiger partial charge in [0.1, 0.15) is 5.78 Å². The maximum atomic E-state index is 11.5. The summed E-state index contributed by atoms with van der Waals surface area (Å²) in [6.07, 6.45) is 8.25. The topological polar surface area (TPSA) is 25.2 Å². The molecule has 0 aromatic carbocycles. The minimum Gasteiger partial charge on any atom is -0.353 e. The number of hydrogen-bond donors (Lipinski definition) is 0. The number of hydrogen-bond acceptors (Lipinski definition) is 2. The first kappa shape index (κ1) is 10.1. The Balaban J connectivity index is 1.61. The van der Waals surface area contributed by atoms with E-state index in [9.17, 15) is 4.79 Å². The summed E-state index contributed by atoms with van der Waals surface area (Å²) >= 11 is 0. The molecule has 3 heteroatoms. The van der Waals surface area contributed by atoms with Crippen LogP contribution in [-0.2, 0) is 11.3 Å². The Morgan fingerprint density at radius 3 is 2.31 bits per heavy atom. The second-order valence-electron chi connectivity index (χ2n) is 4.99. The minimum absolute atomic E-state index is 0.477. The highest BCUT2D eigenvalue weighted by Gasteiger charge is 2.39. The van der Waals surface area contributed by atoms with Crippen molar-refractivity contribution in [1.29, 1.82) is 0 Å². The van der Waals surface area contributed by atoms with E-state index in [4.69, 9.17) is 0 Å². The van der Waals surface area contributed by atoms with Gasteiger partial charge in [-0.15, -0.1) is 0 Å². The molecule has 2 aliphatic rings. The molecule has 0 aliphatic carbocycles. The third-order valence-electron chi connectivity index (χ3n) is 3.98. The Labute approximate surface area is 96.0 Å². The van der Waals surface area contributed by atoms with Gasteiger partial charge in [-0.2, -0.15) is 0 Å². The molecule has 2 atom stereocenters. The Morgan fingerprint density at radius 1 is 1.06 bits per heavy atom. The molecule has 0 amide bonds. The molecule has 0 radical (unpaired) electrons. The molecule has 86 valence electrons. The van der Waals surface area contributed by atoms with Gasteiger partial charge in [-0.25, -0.2) is 0 Å². The van der Waals surface area contributed by atoms with E-state index in [1.807, 2.05) is 0 Å². The SMILES string of the molecule is O=C1CC2CCC(C1)N2CCn1cccc1. The van der Waals surface area contributed by atoms with Gasteiger partial charge in [-0.3, -0.25) is 9.69 Å². The molecule has 0 N–H and O–H groups in total. The molecule has 0 saturated carbocycles. The van der Waals surface area contributed by atoms with Gasteiger partial charge in [0, 0.05) is 50.4 Å². The van der Waals surface area contributed by atoms with E-state index in [0.717, 1.165) is 25.9 Å². The number of Topliss-reactive ketones (excluding diaryl/α,β-unsaturated/α-hetero) is 1. The number of aromatic nitrogens is 1. The molecule has 1 aromatic heterocycles. The molecule has 2 unspecified atom stereocenters. The molecule has 3 heterocycles. The van der Waals surface area contributed by atoms with E-state index in [0.29, 0.717) is 17.9 Å². The van der Waals surface area contributed by atoms with E-state index in [2.05, 4.69) is 34.0 Å². The third kappa shape index (κ3) is 1.80. The fourth-order valence-corrected chi connectivity index (χ4v) is 3.18. The molecule has 3 nitrogen and oxygen atoms in total. The normalized spacial score (nSPS) is 29.9. The highest BCUT2D eigenvalue weighted by molar-refractivity contribution is 5.80. The Kier molecular flexibility index (Phi) is 2.56.